The van der Waals surface area contributed by atoms with Crippen LogP contribution < -0.4 is 16.0 Å². The van der Waals surface area contributed by atoms with E-state index in [1.165, 1.54) is 12.1 Å². The van der Waals surface area contributed by atoms with Crippen molar-refractivity contribution in [2.24, 2.45) is 11.3 Å². The van der Waals surface area contributed by atoms with E-state index >= 15 is 0 Å². The zero-order chi connectivity index (χ0) is 38.1. The van der Waals surface area contributed by atoms with Crippen LogP contribution in [0.25, 0.3) is 0 Å². The van der Waals surface area contributed by atoms with E-state index in [1.807, 2.05) is 109 Å². The van der Waals surface area contributed by atoms with Crippen LogP contribution in [0, 0.1) is 21.4 Å². The van der Waals surface area contributed by atoms with Gasteiger partial charge in [0.15, 0.2) is 0 Å². The minimum atomic E-state index is -4.19. The number of hydrogen-bond donors (Lipinski definition) is 4. The van der Waals surface area contributed by atoms with Gasteiger partial charge in [-0.15, -0.1) is 0 Å². The Balaban J connectivity index is 1.88. The summed E-state index contributed by atoms with van der Waals surface area (Å²) < 4.78 is 28.7. The van der Waals surface area contributed by atoms with Gasteiger partial charge >= 0.3 is 0 Å². The van der Waals surface area contributed by atoms with E-state index in [4.69, 9.17) is 0 Å². The molecule has 12 nitrogen and oxygen atoms in total. The zero-order valence-electron chi connectivity index (χ0n) is 30.8. The van der Waals surface area contributed by atoms with Crippen molar-refractivity contribution in [3.8, 4) is 0 Å². The predicted molar refractivity (Wildman–Crippen MR) is 198 cm³/mol. The van der Waals surface area contributed by atoms with E-state index < -0.39 is 56.0 Å². The summed E-state index contributed by atoms with van der Waals surface area (Å²) in [7, 11) is -4.19. The Morgan fingerprint density at radius 3 is 1.88 bits per heavy atom. The summed E-state index contributed by atoms with van der Waals surface area (Å²) in [6.45, 7) is 14.5. The normalized spacial score (nSPS) is 14.8. The number of nitro benzene ring substituents is 1. The molecule has 0 heterocycles. The largest absolute Gasteiger partial charge is 0.390 e. The Morgan fingerprint density at radius 2 is 1.37 bits per heavy atom. The van der Waals surface area contributed by atoms with Crippen molar-refractivity contribution in [3.05, 3.63) is 106 Å². The van der Waals surface area contributed by atoms with Crippen molar-refractivity contribution in [2.45, 2.75) is 96.5 Å². The second kappa shape index (κ2) is 17.4. The van der Waals surface area contributed by atoms with Crippen LogP contribution >= 0.6 is 0 Å². The highest BCUT2D eigenvalue weighted by molar-refractivity contribution is 7.89. The summed E-state index contributed by atoms with van der Waals surface area (Å²) in [6, 6.07) is 20.9. The van der Waals surface area contributed by atoms with Crippen LogP contribution in [0.3, 0.4) is 0 Å². The first-order valence-corrected chi connectivity index (χ1v) is 18.6. The molecule has 0 aliphatic rings. The quantitative estimate of drug-likeness (QED) is 0.114. The van der Waals surface area contributed by atoms with Crippen LogP contribution in [0.4, 0.5) is 5.69 Å². The van der Waals surface area contributed by atoms with Crippen molar-refractivity contribution in [2.75, 3.05) is 13.1 Å². The maximum Gasteiger partial charge on any atom is 0.269 e. The molecule has 3 aromatic rings. The van der Waals surface area contributed by atoms with E-state index in [0.717, 1.165) is 27.6 Å². The van der Waals surface area contributed by atoms with Gasteiger partial charge < -0.3 is 15.7 Å². The molecule has 4 N–H and O–H groups in total. The van der Waals surface area contributed by atoms with Crippen LogP contribution in [0.5, 0.6) is 0 Å². The average molecular weight is 724 g/mol. The van der Waals surface area contributed by atoms with Crippen molar-refractivity contribution < 1.29 is 28.0 Å². The van der Waals surface area contributed by atoms with Crippen molar-refractivity contribution >= 4 is 27.5 Å². The second-order valence-electron chi connectivity index (χ2n) is 15.0. The van der Waals surface area contributed by atoms with Gasteiger partial charge in [0.1, 0.15) is 6.04 Å². The van der Waals surface area contributed by atoms with E-state index in [9.17, 15) is 33.2 Å². The molecule has 51 heavy (non-hydrogen) atoms. The molecule has 3 aromatic carbocycles. The summed E-state index contributed by atoms with van der Waals surface area (Å²) in [5, 5.41) is 32.1. The molecule has 0 spiro atoms. The molecule has 0 fully saturated rings. The summed E-state index contributed by atoms with van der Waals surface area (Å²) in [6.07, 6.45) is -1.20. The summed E-state index contributed by atoms with van der Waals surface area (Å²) >= 11 is 0. The third kappa shape index (κ3) is 11.7. The number of aliphatic hydroxyl groups excluding tert-OH is 1. The van der Waals surface area contributed by atoms with Gasteiger partial charge in [-0.1, -0.05) is 95.3 Å². The highest BCUT2D eigenvalue weighted by atomic mass is 32.2. The third-order valence-electron chi connectivity index (χ3n) is 8.62. The van der Waals surface area contributed by atoms with Gasteiger partial charge in [0, 0.05) is 30.8 Å². The molecule has 0 aromatic heterocycles. The van der Waals surface area contributed by atoms with Gasteiger partial charge in [-0.05, 0) is 61.8 Å². The Morgan fingerprint density at radius 1 is 0.824 bits per heavy atom. The summed E-state index contributed by atoms with van der Waals surface area (Å²) in [5.41, 5.74) is 0.265. The molecule has 0 unspecified atom stereocenters. The average Bonchev–Trinajstić information content (AvgIpc) is 3.06. The highest BCUT2D eigenvalue weighted by Crippen LogP contribution is 2.24. The van der Waals surface area contributed by atoms with Crippen molar-refractivity contribution in [3.63, 3.8) is 0 Å². The molecule has 278 valence electrons. The van der Waals surface area contributed by atoms with Gasteiger partial charge in [0.25, 0.3) is 5.69 Å². The first-order chi connectivity index (χ1) is 23.7. The monoisotopic (exact) mass is 723 g/mol. The third-order valence-corrected chi connectivity index (χ3v) is 10.5. The van der Waals surface area contributed by atoms with Crippen LogP contribution in [0.2, 0.25) is 0 Å². The summed E-state index contributed by atoms with van der Waals surface area (Å²) in [4.78, 5) is 38.0. The molecular formula is C38H53N5O7S. The first kappa shape index (κ1) is 41.3. The Bertz CT molecular complexity index is 1710. The highest BCUT2D eigenvalue weighted by Gasteiger charge is 2.38. The lowest BCUT2D eigenvalue weighted by atomic mass is 9.85. The number of benzene rings is 3. The molecule has 0 saturated carbocycles. The van der Waals surface area contributed by atoms with Crippen LogP contribution in [-0.2, 0) is 31.6 Å². The minimum Gasteiger partial charge on any atom is -0.390 e. The molecule has 3 rings (SSSR count). The molecule has 13 heteroatoms. The number of nitrogens with one attached hydrogen (secondary N) is 3. The van der Waals surface area contributed by atoms with E-state index in [-0.39, 0.29) is 41.9 Å². The number of nitrogens with zero attached hydrogens (tertiary/aromatic N) is 2. The molecule has 0 radical (unpaired) electrons. The molecule has 4 atom stereocenters. The fourth-order valence-corrected chi connectivity index (χ4v) is 7.43. The van der Waals surface area contributed by atoms with Crippen LogP contribution in [0.15, 0.2) is 89.8 Å². The fraction of sp³-hybridized carbons (Fsp3) is 0.474. The SMILES string of the molecule is CC(C)CN(C[C@@H](O)[C@H](Cc1ccccc1)NC(=O)[C@@H](NC(=O)[C@@H](C)NC(C)(C)c1ccccc1)C(C)(C)C)S(=O)(=O)c1ccc([N+](=O)[O-])cc1. The van der Waals surface area contributed by atoms with Crippen molar-refractivity contribution in [1.82, 2.24) is 20.3 Å². The van der Waals surface area contributed by atoms with E-state index in [0.29, 0.717) is 0 Å². The molecule has 0 aliphatic heterocycles. The lowest BCUT2D eigenvalue weighted by Gasteiger charge is -2.36. The van der Waals surface area contributed by atoms with Crippen LogP contribution in [-0.4, -0.2) is 71.9 Å². The summed E-state index contributed by atoms with van der Waals surface area (Å²) in [5.74, 6) is -1.04. The van der Waals surface area contributed by atoms with Gasteiger partial charge in [-0.2, -0.15) is 4.31 Å². The minimum absolute atomic E-state index is 0.0489. The maximum atomic E-state index is 14.1. The number of carbonyl (C=O) groups is 2. The van der Waals surface area contributed by atoms with E-state index in [2.05, 4.69) is 16.0 Å². The predicted octanol–water partition coefficient (Wildman–Crippen LogP) is 4.77. The Kier molecular flexibility index (Phi) is 14.0. The Labute approximate surface area is 302 Å². The number of rotatable bonds is 17. The van der Waals surface area contributed by atoms with Gasteiger partial charge in [-0.3, -0.25) is 25.0 Å². The van der Waals surface area contributed by atoms with Gasteiger partial charge in [0.2, 0.25) is 21.8 Å². The number of hydrogen-bond acceptors (Lipinski definition) is 8. The zero-order valence-corrected chi connectivity index (χ0v) is 31.6. The number of aliphatic hydroxyl groups is 1. The molecular weight excluding hydrogens is 671 g/mol. The molecule has 0 bridgehead atoms. The van der Waals surface area contributed by atoms with E-state index in [1.54, 1.807) is 6.92 Å². The second-order valence-corrected chi connectivity index (χ2v) is 16.9. The standard InChI is InChI=1S/C38H53N5O7S/c1-26(2)24-42(51(49,50)31-21-19-30(20-22-31)43(47)48)25-33(44)32(23-28-15-11-9-12-16-28)39-36(46)34(37(4,5)6)40-35(45)27(3)41-38(7,8)29-17-13-10-14-18-29/h9-22,26-27,32-34,41,44H,23-25H2,1-8H3,(H,39,46)(H,40,45)/t27-,32+,33-,34-/m1/s1. The number of sulfonamides is 1. The van der Waals surface area contributed by atoms with Gasteiger partial charge in [-0.25, -0.2) is 8.42 Å². The number of carbonyl (C=O) groups excluding carboxylic acids is 2. The lowest BCUT2D eigenvalue weighted by Crippen LogP contribution is -2.61. The van der Waals surface area contributed by atoms with Crippen LogP contribution in [0.1, 0.15) is 66.5 Å². The smallest absolute Gasteiger partial charge is 0.269 e. The molecule has 0 aliphatic carbocycles. The molecule has 0 saturated heterocycles. The maximum absolute atomic E-state index is 14.1. The lowest BCUT2D eigenvalue weighted by molar-refractivity contribution is -0.384. The fourth-order valence-electron chi connectivity index (χ4n) is 5.81. The number of nitro groups is 1. The topological polar surface area (TPSA) is 171 Å². The van der Waals surface area contributed by atoms with Gasteiger partial charge in [0.05, 0.1) is 28.0 Å². The molecule has 2 amide bonds. The number of non-ortho nitro benzene ring substituents is 1. The van der Waals surface area contributed by atoms with Crippen molar-refractivity contribution in [1.29, 1.82) is 0 Å². The number of amides is 2. The first-order valence-electron chi connectivity index (χ1n) is 17.1. The Hall–Kier alpha value is -4.17.